The van der Waals surface area contributed by atoms with Crippen LogP contribution in [0.15, 0.2) is 24.4 Å². The Labute approximate surface area is 124 Å². The molecule has 1 aromatic carbocycles. The lowest BCUT2D eigenvalue weighted by Crippen LogP contribution is -2.05. The van der Waals surface area contributed by atoms with Crippen LogP contribution in [0, 0.1) is 9.39 Å². The number of aromatic hydroxyl groups is 1. The van der Waals surface area contributed by atoms with E-state index in [9.17, 15) is 9.50 Å². The van der Waals surface area contributed by atoms with E-state index < -0.39 is 5.82 Å². The highest BCUT2D eigenvalue weighted by Gasteiger charge is 2.09. The van der Waals surface area contributed by atoms with Crippen molar-refractivity contribution in [2.75, 3.05) is 11.9 Å². The second kappa shape index (κ2) is 6.14. The highest BCUT2D eigenvalue weighted by molar-refractivity contribution is 14.1. The number of anilines is 1. The van der Waals surface area contributed by atoms with E-state index in [1.165, 1.54) is 12.1 Å². The second-order valence-electron chi connectivity index (χ2n) is 3.98. The van der Waals surface area contributed by atoms with E-state index in [2.05, 4.69) is 44.8 Å². The number of phenolic OH excluding ortho intramolecular Hbond substituents is 1. The van der Waals surface area contributed by atoms with Crippen LogP contribution >= 0.6 is 22.6 Å². The fraction of sp³-hybridized carbons (Fsp3) is 0.231. The maximum absolute atomic E-state index is 13.3. The number of nitrogens with one attached hydrogen (secondary N) is 1. The minimum absolute atomic E-state index is 0.376. The smallest absolute Gasteiger partial charge is 0.165 e. The monoisotopic (exact) mass is 373 g/mol. The third-order valence-electron chi connectivity index (χ3n) is 2.49. The maximum atomic E-state index is 13.3. The zero-order valence-corrected chi connectivity index (χ0v) is 12.5. The lowest BCUT2D eigenvalue weighted by molar-refractivity contribution is 0.432. The van der Waals surface area contributed by atoms with Crippen molar-refractivity contribution in [3.8, 4) is 17.1 Å². The Kier molecular flexibility index (Phi) is 4.52. The van der Waals surface area contributed by atoms with E-state index in [0.717, 1.165) is 22.4 Å². The molecule has 1 heterocycles. The average molecular weight is 373 g/mol. The molecule has 2 N–H and O–H groups in total. The first-order chi connectivity index (χ1) is 9.11. The number of rotatable bonds is 4. The minimum Gasteiger partial charge on any atom is -0.505 e. The van der Waals surface area contributed by atoms with Crippen molar-refractivity contribution in [1.82, 2.24) is 9.97 Å². The Bertz CT molecular complexity index is 592. The predicted octanol–water partition coefficient (Wildman–Crippen LogP) is 3.41. The van der Waals surface area contributed by atoms with Crippen LogP contribution in [0.5, 0.6) is 5.75 Å². The Morgan fingerprint density at radius 3 is 2.89 bits per heavy atom. The number of hydrogen-bond donors (Lipinski definition) is 2. The van der Waals surface area contributed by atoms with Crippen molar-refractivity contribution >= 4 is 28.4 Å². The fourth-order valence-corrected chi connectivity index (χ4v) is 1.97. The Morgan fingerprint density at radius 2 is 2.21 bits per heavy atom. The molecule has 0 bridgehead atoms. The third kappa shape index (κ3) is 3.31. The summed E-state index contributed by atoms with van der Waals surface area (Å²) >= 11 is 2.15. The third-order valence-corrected chi connectivity index (χ3v) is 3.28. The first-order valence-electron chi connectivity index (χ1n) is 5.87. The molecule has 2 rings (SSSR count). The SMILES string of the molecule is CCCNc1nc(-c2ccc(O)c(F)c2)ncc1I. The fourth-order valence-electron chi connectivity index (χ4n) is 1.52. The summed E-state index contributed by atoms with van der Waals surface area (Å²) in [6.45, 7) is 2.88. The number of aromatic nitrogens is 2. The molecule has 0 atom stereocenters. The van der Waals surface area contributed by atoms with Gasteiger partial charge in [-0.3, -0.25) is 0 Å². The zero-order valence-electron chi connectivity index (χ0n) is 10.3. The summed E-state index contributed by atoms with van der Waals surface area (Å²) in [7, 11) is 0. The molecule has 0 aliphatic rings. The molecule has 19 heavy (non-hydrogen) atoms. The van der Waals surface area contributed by atoms with E-state index in [1.807, 2.05) is 0 Å². The molecule has 4 nitrogen and oxygen atoms in total. The van der Waals surface area contributed by atoms with Crippen molar-refractivity contribution < 1.29 is 9.50 Å². The predicted molar refractivity (Wildman–Crippen MR) is 80.6 cm³/mol. The van der Waals surface area contributed by atoms with Gasteiger partial charge in [0.05, 0.1) is 3.57 Å². The molecule has 2 aromatic rings. The maximum Gasteiger partial charge on any atom is 0.165 e. The van der Waals surface area contributed by atoms with Crippen molar-refractivity contribution in [2.45, 2.75) is 13.3 Å². The van der Waals surface area contributed by atoms with Gasteiger partial charge in [0.15, 0.2) is 17.4 Å². The molecular weight excluding hydrogens is 360 g/mol. The van der Waals surface area contributed by atoms with Crippen LogP contribution in [0.3, 0.4) is 0 Å². The first kappa shape index (κ1) is 14.0. The van der Waals surface area contributed by atoms with E-state index in [0.29, 0.717) is 11.4 Å². The Hall–Kier alpha value is -1.44. The van der Waals surface area contributed by atoms with Gasteiger partial charge in [0.2, 0.25) is 0 Å². The standard InChI is InChI=1S/C13H13FIN3O/c1-2-5-16-13-10(15)7-17-12(18-13)8-3-4-11(19)9(14)6-8/h3-4,6-7,19H,2,5H2,1H3,(H,16,17,18). The molecule has 0 amide bonds. The number of halogens is 2. The summed E-state index contributed by atoms with van der Waals surface area (Å²) < 4.78 is 14.2. The lowest BCUT2D eigenvalue weighted by Gasteiger charge is -2.08. The highest BCUT2D eigenvalue weighted by atomic mass is 127. The number of phenols is 1. The molecule has 0 aliphatic heterocycles. The molecule has 1 aromatic heterocycles. The lowest BCUT2D eigenvalue weighted by atomic mass is 10.2. The molecular formula is C13H13FIN3O. The van der Waals surface area contributed by atoms with E-state index >= 15 is 0 Å². The van der Waals surface area contributed by atoms with Gasteiger partial charge in [-0.05, 0) is 47.2 Å². The molecule has 6 heteroatoms. The van der Waals surface area contributed by atoms with Crippen LogP contribution in [0.2, 0.25) is 0 Å². The number of nitrogens with zero attached hydrogens (tertiary/aromatic N) is 2. The van der Waals surface area contributed by atoms with Gasteiger partial charge in [-0.25, -0.2) is 14.4 Å². The van der Waals surface area contributed by atoms with Gasteiger partial charge in [0.1, 0.15) is 5.82 Å². The van der Waals surface area contributed by atoms with E-state index in [-0.39, 0.29) is 5.75 Å². The summed E-state index contributed by atoms with van der Waals surface area (Å²) in [4.78, 5) is 8.55. The quantitative estimate of drug-likeness (QED) is 0.807. The van der Waals surface area contributed by atoms with Gasteiger partial charge < -0.3 is 10.4 Å². The van der Waals surface area contributed by atoms with E-state index in [1.54, 1.807) is 12.3 Å². The van der Waals surface area contributed by atoms with E-state index in [4.69, 9.17) is 0 Å². The summed E-state index contributed by atoms with van der Waals surface area (Å²) in [6, 6.07) is 4.11. The molecule has 0 unspecified atom stereocenters. The van der Waals surface area contributed by atoms with Crippen LogP contribution in [-0.4, -0.2) is 21.6 Å². The average Bonchev–Trinajstić information content (AvgIpc) is 2.41. The summed E-state index contributed by atoms with van der Waals surface area (Å²) in [5, 5.41) is 12.4. The summed E-state index contributed by atoms with van der Waals surface area (Å²) in [6.07, 6.45) is 2.68. The molecule has 0 fully saturated rings. The molecule has 0 saturated carbocycles. The highest BCUT2D eigenvalue weighted by Crippen LogP contribution is 2.24. The van der Waals surface area contributed by atoms with Gasteiger partial charge >= 0.3 is 0 Å². The molecule has 0 spiro atoms. The largest absolute Gasteiger partial charge is 0.505 e. The molecule has 0 radical (unpaired) electrons. The second-order valence-corrected chi connectivity index (χ2v) is 5.15. The van der Waals surface area contributed by atoms with Crippen molar-refractivity contribution in [3.63, 3.8) is 0 Å². The molecule has 0 saturated heterocycles. The first-order valence-corrected chi connectivity index (χ1v) is 6.95. The zero-order chi connectivity index (χ0) is 13.8. The van der Waals surface area contributed by atoms with Crippen molar-refractivity contribution in [2.24, 2.45) is 0 Å². The van der Waals surface area contributed by atoms with Crippen molar-refractivity contribution in [1.29, 1.82) is 0 Å². The molecule has 100 valence electrons. The van der Waals surface area contributed by atoms with Gasteiger partial charge in [-0.15, -0.1) is 0 Å². The van der Waals surface area contributed by atoms with Gasteiger partial charge in [-0.2, -0.15) is 0 Å². The van der Waals surface area contributed by atoms with Gasteiger partial charge in [-0.1, -0.05) is 6.92 Å². The number of benzene rings is 1. The Morgan fingerprint density at radius 1 is 1.42 bits per heavy atom. The van der Waals surface area contributed by atoms with Crippen LogP contribution < -0.4 is 5.32 Å². The normalized spacial score (nSPS) is 10.5. The van der Waals surface area contributed by atoms with Crippen LogP contribution in [0.4, 0.5) is 10.2 Å². The minimum atomic E-state index is -0.678. The van der Waals surface area contributed by atoms with Crippen molar-refractivity contribution in [3.05, 3.63) is 33.8 Å². The van der Waals surface area contributed by atoms with Gasteiger partial charge in [0, 0.05) is 18.3 Å². The Balaban J connectivity index is 2.36. The van der Waals surface area contributed by atoms with Crippen LogP contribution in [-0.2, 0) is 0 Å². The summed E-state index contributed by atoms with van der Waals surface area (Å²) in [5.41, 5.74) is 0.534. The topological polar surface area (TPSA) is 58.0 Å². The number of hydrogen-bond acceptors (Lipinski definition) is 4. The summed E-state index contributed by atoms with van der Waals surface area (Å²) in [5.74, 6) is 0.111. The van der Waals surface area contributed by atoms with Crippen LogP contribution in [0.25, 0.3) is 11.4 Å². The molecule has 0 aliphatic carbocycles. The van der Waals surface area contributed by atoms with Gasteiger partial charge in [0.25, 0.3) is 0 Å². The van der Waals surface area contributed by atoms with Crippen LogP contribution in [0.1, 0.15) is 13.3 Å².